The molecule has 0 saturated carbocycles. The Kier molecular flexibility index (Phi) is 6.85. The fourth-order valence-electron chi connectivity index (χ4n) is 2.32. The molecule has 0 aliphatic heterocycles. The molecular formula is C19H20Cl2N2O. The zero-order valence-electron chi connectivity index (χ0n) is 13.7. The molecule has 1 amide bonds. The molecule has 2 aromatic carbocycles. The Morgan fingerprint density at radius 3 is 2.50 bits per heavy atom. The van der Waals surface area contributed by atoms with Crippen LogP contribution < -0.4 is 5.32 Å². The number of carbonyl (C=O) groups is 1. The molecule has 3 nitrogen and oxygen atoms in total. The highest BCUT2D eigenvalue weighted by Crippen LogP contribution is 2.26. The number of benzene rings is 2. The summed E-state index contributed by atoms with van der Waals surface area (Å²) < 4.78 is 0. The number of hydrogen-bond donors (Lipinski definition) is 1. The second kappa shape index (κ2) is 8.88. The van der Waals surface area contributed by atoms with E-state index < -0.39 is 0 Å². The van der Waals surface area contributed by atoms with Gasteiger partial charge in [0.1, 0.15) is 0 Å². The van der Waals surface area contributed by atoms with Gasteiger partial charge >= 0.3 is 0 Å². The molecule has 126 valence electrons. The van der Waals surface area contributed by atoms with Gasteiger partial charge in [0.05, 0.1) is 16.1 Å². The van der Waals surface area contributed by atoms with Gasteiger partial charge in [-0.2, -0.15) is 0 Å². The molecule has 5 heteroatoms. The maximum absolute atomic E-state index is 12.3. The van der Waals surface area contributed by atoms with E-state index in [1.165, 1.54) is 6.08 Å². The molecule has 1 atom stereocenters. The van der Waals surface area contributed by atoms with E-state index in [4.69, 9.17) is 23.2 Å². The topological polar surface area (TPSA) is 32.3 Å². The fraction of sp³-hybridized carbons (Fsp3) is 0.211. The van der Waals surface area contributed by atoms with Crippen LogP contribution >= 0.6 is 23.2 Å². The van der Waals surface area contributed by atoms with Crippen LogP contribution in [0.3, 0.4) is 0 Å². The molecule has 0 spiro atoms. The lowest BCUT2D eigenvalue weighted by Crippen LogP contribution is -2.34. The van der Waals surface area contributed by atoms with E-state index >= 15 is 0 Å². The van der Waals surface area contributed by atoms with Crippen molar-refractivity contribution in [3.05, 3.63) is 75.8 Å². The molecule has 0 aliphatic rings. The van der Waals surface area contributed by atoms with Crippen molar-refractivity contribution >= 4 is 35.2 Å². The van der Waals surface area contributed by atoms with Crippen molar-refractivity contribution in [2.24, 2.45) is 0 Å². The third-order valence-corrected chi connectivity index (χ3v) is 4.30. The Morgan fingerprint density at radius 1 is 1.12 bits per heavy atom. The van der Waals surface area contributed by atoms with Gasteiger partial charge in [0, 0.05) is 12.6 Å². The largest absolute Gasteiger partial charge is 0.344 e. The van der Waals surface area contributed by atoms with E-state index in [0.29, 0.717) is 22.2 Å². The van der Waals surface area contributed by atoms with Gasteiger partial charge in [-0.15, -0.1) is 0 Å². The maximum atomic E-state index is 12.3. The second-order valence-corrected chi connectivity index (χ2v) is 6.50. The van der Waals surface area contributed by atoms with E-state index in [1.807, 2.05) is 55.4 Å². The van der Waals surface area contributed by atoms with Gasteiger partial charge in [-0.25, -0.2) is 0 Å². The molecule has 0 saturated heterocycles. The van der Waals surface area contributed by atoms with Crippen molar-refractivity contribution < 1.29 is 4.79 Å². The van der Waals surface area contributed by atoms with Gasteiger partial charge in [-0.1, -0.05) is 65.7 Å². The van der Waals surface area contributed by atoms with Crippen molar-refractivity contribution in [3.8, 4) is 0 Å². The van der Waals surface area contributed by atoms with Crippen LogP contribution in [0.15, 0.2) is 54.6 Å². The molecule has 0 bridgehead atoms. The number of nitrogens with one attached hydrogen (secondary N) is 1. The molecule has 1 N–H and O–H groups in total. The second-order valence-electron chi connectivity index (χ2n) is 5.71. The van der Waals surface area contributed by atoms with Crippen molar-refractivity contribution in [2.75, 3.05) is 20.6 Å². The summed E-state index contributed by atoms with van der Waals surface area (Å²) in [7, 11) is 3.95. The Hall–Kier alpha value is -1.81. The van der Waals surface area contributed by atoms with Gasteiger partial charge in [0.25, 0.3) is 0 Å². The fourth-order valence-corrected chi connectivity index (χ4v) is 2.69. The number of hydrogen-bond acceptors (Lipinski definition) is 2. The summed E-state index contributed by atoms with van der Waals surface area (Å²) in [5.74, 6) is -0.179. The quantitative estimate of drug-likeness (QED) is 0.771. The SMILES string of the molecule is CN(C)C[C@H](NC(=O)/C=C/c1cccc(Cl)c1Cl)c1ccccc1. The molecule has 0 fully saturated rings. The molecule has 0 unspecified atom stereocenters. The Labute approximate surface area is 152 Å². The standard InChI is InChI=1S/C19H20Cl2N2O/c1-23(2)13-17(14-7-4-3-5-8-14)22-18(24)12-11-15-9-6-10-16(20)19(15)21/h3-12,17H,13H2,1-2H3,(H,22,24)/b12-11+/t17-/m0/s1. The van der Waals surface area contributed by atoms with Crippen LogP contribution in [-0.2, 0) is 4.79 Å². The first-order valence-corrected chi connectivity index (χ1v) is 8.35. The predicted molar refractivity (Wildman–Crippen MR) is 101 cm³/mol. The zero-order chi connectivity index (χ0) is 17.5. The van der Waals surface area contributed by atoms with Crippen LogP contribution in [0.5, 0.6) is 0 Å². The first kappa shape index (κ1) is 18.5. The minimum Gasteiger partial charge on any atom is -0.344 e. The van der Waals surface area contributed by atoms with Crippen LogP contribution in [0.2, 0.25) is 10.0 Å². The van der Waals surface area contributed by atoms with Gasteiger partial charge in [0.2, 0.25) is 5.91 Å². The lowest BCUT2D eigenvalue weighted by molar-refractivity contribution is -0.117. The summed E-state index contributed by atoms with van der Waals surface area (Å²) >= 11 is 12.1. The highest BCUT2D eigenvalue weighted by Gasteiger charge is 2.14. The molecule has 0 aliphatic carbocycles. The highest BCUT2D eigenvalue weighted by molar-refractivity contribution is 6.42. The monoisotopic (exact) mass is 362 g/mol. The van der Waals surface area contributed by atoms with Crippen LogP contribution in [0, 0.1) is 0 Å². The average Bonchev–Trinajstić information content (AvgIpc) is 2.56. The minimum atomic E-state index is -0.179. The predicted octanol–water partition coefficient (Wildman–Crippen LogP) is 4.43. The summed E-state index contributed by atoms with van der Waals surface area (Å²) in [6.45, 7) is 0.710. The van der Waals surface area contributed by atoms with Gasteiger partial charge in [-0.3, -0.25) is 4.79 Å². The molecule has 2 rings (SSSR count). The molecule has 2 aromatic rings. The number of halogens is 2. The van der Waals surface area contributed by atoms with E-state index in [-0.39, 0.29) is 11.9 Å². The van der Waals surface area contributed by atoms with Crippen LogP contribution in [-0.4, -0.2) is 31.4 Å². The summed E-state index contributed by atoms with van der Waals surface area (Å²) in [5.41, 5.74) is 1.77. The Balaban J connectivity index is 2.10. The molecule has 0 radical (unpaired) electrons. The van der Waals surface area contributed by atoms with Crippen molar-refractivity contribution in [1.29, 1.82) is 0 Å². The first-order chi connectivity index (χ1) is 11.5. The molecule has 0 aromatic heterocycles. The lowest BCUT2D eigenvalue weighted by Gasteiger charge is -2.22. The summed E-state index contributed by atoms with van der Waals surface area (Å²) in [4.78, 5) is 14.3. The van der Waals surface area contributed by atoms with Gasteiger partial charge in [0.15, 0.2) is 0 Å². The highest BCUT2D eigenvalue weighted by atomic mass is 35.5. The summed E-state index contributed by atoms with van der Waals surface area (Å²) in [5, 5.41) is 3.93. The van der Waals surface area contributed by atoms with E-state index in [0.717, 1.165) is 5.56 Å². The third kappa shape index (κ3) is 5.38. The summed E-state index contributed by atoms with van der Waals surface area (Å²) in [6, 6.07) is 15.1. The van der Waals surface area contributed by atoms with Crippen molar-refractivity contribution in [2.45, 2.75) is 6.04 Å². The number of nitrogens with zero attached hydrogens (tertiary/aromatic N) is 1. The number of rotatable bonds is 6. The first-order valence-electron chi connectivity index (χ1n) is 7.59. The molecular weight excluding hydrogens is 343 g/mol. The van der Waals surface area contributed by atoms with Crippen molar-refractivity contribution in [1.82, 2.24) is 10.2 Å². The minimum absolute atomic E-state index is 0.0896. The van der Waals surface area contributed by atoms with Crippen LogP contribution in [0.25, 0.3) is 6.08 Å². The lowest BCUT2D eigenvalue weighted by atomic mass is 10.1. The number of likely N-dealkylation sites (N-methyl/N-ethyl adjacent to an activating group) is 1. The van der Waals surface area contributed by atoms with Crippen LogP contribution in [0.1, 0.15) is 17.2 Å². The van der Waals surface area contributed by atoms with E-state index in [1.54, 1.807) is 18.2 Å². The van der Waals surface area contributed by atoms with Gasteiger partial charge < -0.3 is 10.2 Å². The normalized spacial score (nSPS) is 12.5. The Bertz CT molecular complexity index is 715. The van der Waals surface area contributed by atoms with E-state index in [9.17, 15) is 4.79 Å². The number of carbonyl (C=O) groups excluding carboxylic acids is 1. The summed E-state index contributed by atoms with van der Waals surface area (Å²) in [6.07, 6.45) is 3.14. The average molecular weight is 363 g/mol. The Morgan fingerprint density at radius 2 is 1.83 bits per heavy atom. The number of amides is 1. The molecule has 24 heavy (non-hydrogen) atoms. The van der Waals surface area contributed by atoms with Gasteiger partial charge in [-0.05, 0) is 37.4 Å². The zero-order valence-corrected chi connectivity index (χ0v) is 15.2. The maximum Gasteiger partial charge on any atom is 0.244 e. The van der Waals surface area contributed by atoms with Crippen LogP contribution in [0.4, 0.5) is 0 Å². The smallest absolute Gasteiger partial charge is 0.244 e. The van der Waals surface area contributed by atoms with E-state index in [2.05, 4.69) is 5.32 Å². The van der Waals surface area contributed by atoms with Crippen molar-refractivity contribution in [3.63, 3.8) is 0 Å². The third-order valence-electron chi connectivity index (χ3n) is 3.46. The molecule has 0 heterocycles.